The number of carbonyl (C=O) groups is 1. The summed E-state index contributed by atoms with van der Waals surface area (Å²) < 4.78 is 20.2. The first kappa shape index (κ1) is 18.9. The van der Waals surface area contributed by atoms with Crippen LogP contribution in [0.25, 0.3) is 17.1 Å². The van der Waals surface area contributed by atoms with E-state index in [0.29, 0.717) is 29.0 Å². The molecule has 0 N–H and O–H groups in total. The minimum Gasteiger partial charge on any atom is -0.497 e. The van der Waals surface area contributed by atoms with E-state index in [2.05, 4.69) is 15.2 Å². The summed E-state index contributed by atoms with van der Waals surface area (Å²) in [5, 5.41) is 8.64. The lowest BCUT2D eigenvalue weighted by molar-refractivity contribution is 0.0518. The Labute approximate surface area is 177 Å². The van der Waals surface area contributed by atoms with Gasteiger partial charge in [-0.05, 0) is 31.2 Å². The highest BCUT2D eigenvalue weighted by Gasteiger charge is 2.29. The molecule has 9 nitrogen and oxygen atoms in total. The van der Waals surface area contributed by atoms with Crippen molar-refractivity contribution in [1.29, 1.82) is 0 Å². The highest BCUT2D eigenvalue weighted by atomic mass is 16.5. The molecule has 156 valence electrons. The fourth-order valence-corrected chi connectivity index (χ4v) is 3.60. The topological polar surface area (TPSA) is 93.3 Å². The lowest BCUT2D eigenvalue weighted by atomic mass is 10.1. The predicted molar refractivity (Wildman–Crippen MR) is 111 cm³/mol. The number of ether oxygens (including phenoxy) is 3. The van der Waals surface area contributed by atoms with Gasteiger partial charge in [0.25, 0.3) is 0 Å². The molecule has 0 bridgehead atoms. The molecule has 0 radical (unpaired) electrons. The van der Waals surface area contributed by atoms with E-state index < -0.39 is 5.97 Å². The largest absolute Gasteiger partial charge is 0.497 e. The zero-order valence-corrected chi connectivity index (χ0v) is 17.0. The lowest BCUT2D eigenvalue weighted by Gasteiger charge is -2.10. The van der Waals surface area contributed by atoms with Gasteiger partial charge in [-0.2, -0.15) is 0 Å². The van der Waals surface area contributed by atoms with E-state index >= 15 is 0 Å². The van der Waals surface area contributed by atoms with Crippen LogP contribution in [0, 0.1) is 0 Å². The van der Waals surface area contributed by atoms with Gasteiger partial charge in [0.2, 0.25) is 0 Å². The Kier molecular flexibility index (Phi) is 4.62. The van der Waals surface area contributed by atoms with Crippen molar-refractivity contribution >= 4 is 5.97 Å². The van der Waals surface area contributed by atoms with Gasteiger partial charge in [-0.3, -0.25) is 9.13 Å². The second kappa shape index (κ2) is 7.60. The molecule has 1 aliphatic rings. The normalized spacial score (nSPS) is 11.7. The smallest absolute Gasteiger partial charge is 0.358 e. The van der Waals surface area contributed by atoms with Crippen LogP contribution in [-0.4, -0.2) is 44.0 Å². The first-order valence-corrected chi connectivity index (χ1v) is 9.77. The molecule has 0 amide bonds. The van der Waals surface area contributed by atoms with Crippen LogP contribution in [0.15, 0.2) is 54.9 Å². The SMILES string of the molecule is CCOC(=O)c1ncn2c1Cn1c(Oc3cccc(OC)c3)nnc1-c1ccccc1-2. The predicted octanol–water partition coefficient (Wildman–Crippen LogP) is 3.47. The molecule has 31 heavy (non-hydrogen) atoms. The van der Waals surface area contributed by atoms with Gasteiger partial charge in [0.05, 0.1) is 31.6 Å². The first-order valence-electron chi connectivity index (χ1n) is 9.77. The standard InChI is InChI=1S/C22H19N5O4/c1-3-30-21(28)19-18-12-26-20(16-9-4-5-10-17(16)27(18)13-23-19)24-25-22(26)31-15-8-6-7-14(11-15)29-2/h4-11,13H,3,12H2,1-2H3. The van der Waals surface area contributed by atoms with Gasteiger partial charge in [-0.25, -0.2) is 9.78 Å². The maximum Gasteiger partial charge on any atom is 0.358 e. The van der Waals surface area contributed by atoms with E-state index in [1.807, 2.05) is 51.6 Å². The maximum atomic E-state index is 12.5. The summed E-state index contributed by atoms with van der Waals surface area (Å²) in [6.07, 6.45) is 1.63. The summed E-state index contributed by atoms with van der Waals surface area (Å²) in [6.45, 7) is 2.31. The summed E-state index contributed by atoms with van der Waals surface area (Å²) in [5.41, 5.74) is 2.62. The molecule has 0 saturated carbocycles. The number of aromatic nitrogens is 5. The average molecular weight is 417 g/mol. The van der Waals surface area contributed by atoms with Crippen LogP contribution >= 0.6 is 0 Å². The molecule has 2 aromatic heterocycles. The van der Waals surface area contributed by atoms with Crippen molar-refractivity contribution < 1.29 is 19.0 Å². The molecule has 9 heteroatoms. The molecule has 0 aliphatic carbocycles. The highest BCUT2D eigenvalue weighted by molar-refractivity contribution is 5.89. The fraction of sp³-hybridized carbons (Fsp3) is 0.182. The third-order valence-corrected chi connectivity index (χ3v) is 5.01. The third-order valence-electron chi connectivity index (χ3n) is 5.01. The van der Waals surface area contributed by atoms with Gasteiger partial charge < -0.3 is 14.2 Å². The number of rotatable bonds is 5. The number of benzene rings is 2. The van der Waals surface area contributed by atoms with Crippen molar-refractivity contribution in [3.63, 3.8) is 0 Å². The van der Waals surface area contributed by atoms with Crippen molar-refractivity contribution in [2.75, 3.05) is 13.7 Å². The second-order valence-electron chi connectivity index (χ2n) is 6.82. The van der Waals surface area contributed by atoms with Crippen molar-refractivity contribution in [2.45, 2.75) is 13.5 Å². The summed E-state index contributed by atoms with van der Waals surface area (Å²) >= 11 is 0. The Morgan fingerprint density at radius 3 is 2.77 bits per heavy atom. The van der Waals surface area contributed by atoms with Gasteiger partial charge in [-0.1, -0.05) is 23.3 Å². The number of fused-ring (bicyclic) bond motifs is 5. The number of hydrogen-bond donors (Lipinski definition) is 0. The van der Waals surface area contributed by atoms with Crippen LogP contribution in [0.2, 0.25) is 0 Å². The second-order valence-corrected chi connectivity index (χ2v) is 6.82. The first-order chi connectivity index (χ1) is 15.2. The summed E-state index contributed by atoms with van der Waals surface area (Å²) in [6, 6.07) is 15.3. The maximum absolute atomic E-state index is 12.5. The monoisotopic (exact) mass is 417 g/mol. The van der Waals surface area contributed by atoms with Crippen LogP contribution in [0.3, 0.4) is 0 Å². The van der Waals surface area contributed by atoms with Gasteiger partial charge in [0.1, 0.15) is 17.8 Å². The molecular formula is C22H19N5O4. The zero-order chi connectivity index (χ0) is 21.4. The van der Waals surface area contributed by atoms with E-state index in [-0.39, 0.29) is 18.8 Å². The highest BCUT2D eigenvalue weighted by Crippen LogP contribution is 2.35. The van der Waals surface area contributed by atoms with Crippen molar-refractivity contribution in [2.24, 2.45) is 0 Å². The van der Waals surface area contributed by atoms with Crippen molar-refractivity contribution in [1.82, 2.24) is 24.3 Å². The van der Waals surface area contributed by atoms with Crippen molar-refractivity contribution in [3.05, 3.63) is 66.2 Å². The zero-order valence-electron chi connectivity index (χ0n) is 17.0. The van der Waals surface area contributed by atoms with E-state index in [9.17, 15) is 4.79 Å². The lowest BCUT2D eigenvalue weighted by Crippen LogP contribution is -2.12. The number of methoxy groups -OCH3 is 1. The summed E-state index contributed by atoms with van der Waals surface area (Å²) in [7, 11) is 1.59. The Balaban J connectivity index is 1.64. The molecule has 0 unspecified atom stereocenters. The number of imidazole rings is 1. The van der Waals surface area contributed by atoms with E-state index in [1.165, 1.54) is 0 Å². The Morgan fingerprint density at radius 2 is 1.94 bits per heavy atom. The molecule has 3 heterocycles. The number of esters is 1. The van der Waals surface area contributed by atoms with Crippen LogP contribution < -0.4 is 9.47 Å². The van der Waals surface area contributed by atoms with Crippen LogP contribution in [0.4, 0.5) is 0 Å². The van der Waals surface area contributed by atoms with Crippen LogP contribution in [0.1, 0.15) is 23.1 Å². The van der Waals surface area contributed by atoms with E-state index in [4.69, 9.17) is 14.2 Å². The van der Waals surface area contributed by atoms with Gasteiger partial charge in [0, 0.05) is 11.6 Å². The molecule has 5 rings (SSSR count). The molecule has 0 spiro atoms. The van der Waals surface area contributed by atoms with Gasteiger partial charge in [-0.15, -0.1) is 5.10 Å². The molecule has 0 fully saturated rings. The Hall–Kier alpha value is -4.14. The van der Waals surface area contributed by atoms with Gasteiger partial charge in [0.15, 0.2) is 11.5 Å². The minimum absolute atomic E-state index is 0.255. The summed E-state index contributed by atoms with van der Waals surface area (Å²) in [5.74, 6) is 1.39. The molecule has 0 saturated heterocycles. The quantitative estimate of drug-likeness (QED) is 0.404. The molecule has 4 aromatic rings. The van der Waals surface area contributed by atoms with Gasteiger partial charge >= 0.3 is 12.0 Å². The molecule has 2 aromatic carbocycles. The summed E-state index contributed by atoms with van der Waals surface area (Å²) in [4.78, 5) is 16.8. The number of para-hydroxylation sites is 1. The van der Waals surface area contributed by atoms with E-state index in [0.717, 1.165) is 11.3 Å². The number of nitrogens with zero attached hydrogens (tertiary/aromatic N) is 5. The number of hydrogen-bond acceptors (Lipinski definition) is 7. The van der Waals surface area contributed by atoms with Crippen LogP contribution in [-0.2, 0) is 11.3 Å². The molecule has 0 atom stereocenters. The van der Waals surface area contributed by atoms with Crippen molar-refractivity contribution in [3.8, 4) is 34.6 Å². The van der Waals surface area contributed by atoms with Crippen LogP contribution in [0.5, 0.6) is 17.5 Å². The minimum atomic E-state index is -0.472. The third kappa shape index (κ3) is 3.20. The average Bonchev–Trinajstić information content (AvgIpc) is 3.35. The van der Waals surface area contributed by atoms with E-state index in [1.54, 1.807) is 26.4 Å². The number of carbonyl (C=O) groups excluding carboxylic acids is 1. The molecular weight excluding hydrogens is 398 g/mol. The fourth-order valence-electron chi connectivity index (χ4n) is 3.60. The Bertz CT molecular complexity index is 1280. The Morgan fingerprint density at radius 1 is 1.10 bits per heavy atom. The molecule has 1 aliphatic heterocycles.